The van der Waals surface area contributed by atoms with Crippen molar-refractivity contribution in [2.45, 2.75) is 39.3 Å². The highest BCUT2D eigenvalue weighted by Crippen LogP contribution is 2.36. The molecular weight excluding hydrogens is 314 g/mol. The van der Waals surface area contributed by atoms with E-state index in [1.165, 1.54) is 11.1 Å². The van der Waals surface area contributed by atoms with Crippen LogP contribution in [0.1, 0.15) is 30.0 Å². The Morgan fingerprint density at radius 3 is 2.40 bits per heavy atom. The maximum atomic E-state index is 12.4. The van der Waals surface area contributed by atoms with Gasteiger partial charge in [0.05, 0.1) is 5.41 Å². The smallest absolute Gasteiger partial charge is 0.330 e. The third-order valence-electron chi connectivity index (χ3n) is 4.94. The fourth-order valence-corrected chi connectivity index (χ4v) is 3.06. The number of ether oxygens (including phenoxy) is 1. The second-order valence-electron chi connectivity index (χ2n) is 6.90. The van der Waals surface area contributed by atoms with Crippen molar-refractivity contribution in [3.8, 4) is 0 Å². The summed E-state index contributed by atoms with van der Waals surface area (Å²) in [5, 5.41) is 2.70. The predicted molar refractivity (Wildman–Crippen MR) is 95.8 cm³/mol. The molecule has 0 aromatic heterocycles. The van der Waals surface area contributed by atoms with Crippen LogP contribution in [0.3, 0.4) is 0 Å². The molecule has 2 aromatic rings. The lowest BCUT2D eigenvalue weighted by Crippen LogP contribution is -2.69. The summed E-state index contributed by atoms with van der Waals surface area (Å²) in [6.07, 6.45) is 1.37. The van der Waals surface area contributed by atoms with Crippen molar-refractivity contribution in [3.05, 3.63) is 71.3 Å². The van der Waals surface area contributed by atoms with Crippen LogP contribution in [0.25, 0.3) is 0 Å². The molecule has 0 radical (unpaired) electrons. The Bertz CT molecular complexity index is 754. The zero-order valence-corrected chi connectivity index (χ0v) is 14.6. The number of esters is 1. The summed E-state index contributed by atoms with van der Waals surface area (Å²) in [6.45, 7) is 4.11. The molecule has 0 saturated carbocycles. The number of aryl methyl sites for hydroxylation is 2. The van der Waals surface area contributed by atoms with E-state index in [2.05, 4.69) is 29.6 Å². The van der Waals surface area contributed by atoms with Gasteiger partial charge in [0.25, 0.3) is 0 Å². The van der Waals surface area contributed by atoms with E-state index in [1.807, 2.05) is 44.2 Å². The fourth-order valence-electron chi connectivity index (χ4n) is 3.06. The van der Waals surface area contributed by atoms with E-state index < -0.39 is 11.5 Å². The highest BCUT2D eigenvalue weighted by Gasteiger charge is 2.55. The summed E-state index contributed by atoms with van der Waals surface area (Å²) in [4.78, 5) is 24.5. The first-order valence-corrected chi connectivity index (χ1v) is 8.56. The van der Waals surface area contributed by atoms with E-state index in [0.29, 0.717) is 6.42 Å². The molecule has 1 fully saturated rings. The van der Waals surface area contributed by atoms with Crippen LogP contribution in [0.2, 0.25) is 0 Å². The molecule has 0 bridgehead atoms. The average molecular weight is 337 g/mol. The lowest BCUT2D eigenvalue weighted by Gasteiger charge is -2.44. The minimum absolute atomic E-state index is 0.0822. The number of carbonyl (C=O) groups excluding carboxylic acids is 2. The van der Waals surface area contributed by atoms with Crippen LogP contribution in [0.15, 0.2) is 54.6 Å². The molecule has 1 heterocycles. The standard InChI is InChI=1S/C21H23NO3/c1-15-8-10-16(11-9-15)12-13-21(2)18(22-20(21)24)19(23)25-14-17-6-4-3-5-7-17/h3-11,18H,12-14H2,1-2H3,(H,22,24)/t18-,21-/m1/s1. The topological polar surface area (TPSA) is 55.4 Å². The first-order valence-electron chi connectivity index (χ1n) is 8.56. The Hall–Kier alpha value is -2.62. The highest BCUT2D eigenvalue weighted by atomic mass is 16.5. The third kappa shape index (κ3) is 3.73. The maximum Gasteiger partial charge on any atom is 0.330 e. The molecule has 1 saturated heterocycles. The fraction of sp³-hybridized carbons (Fsp3) is 0.333. The first kappa shape index (κ1) is 17.2. The predicted octanol–water partition coefficient (Wildman–Crippen LogP) is 3.18. The van der Waals surface area contributed by atoms with Gasteiger partial charge in [-0.05, 0) is 37.8 Å². The van der Waals surface area contributed by atoms with Crippen molar-refractivity contribution in [2.24, 2.45) is 5.41 Å². The van der Waals surface area contributed by atoms with Crippen molar-refractivity contribution in [3.63, 3.8) is 0 Å². The number of benzene rings is 2. The largest absolute Gasteiger partial charge is 0.459 e. The molecule has 0 unspecified atom stereocenters. The Kier molecular flexibility index (Phi) is 4.88. The Balaban J connectivity index is 1.58. The van der Waals surface area contributed by atoms with Gasteiger partial charge < -0.3 is 10.1 Å². The number of carbonyl (C=O) groups is 2. The molecule has 1 aliphatic rings. The summed E-state index contributed by atoms with van der Waals surface area (Å²) < 4.78 is 5.39. The molecular formula is C21H23NO3. The van der Waals surface area contributed by atoms with E-state index in [-0.39, 0.29) is 18.5 Å². The highest BCUT2D eigenvalue weighted by molar-refractivity contribution is 6.00. The lowest BCUT2D eigenvalue weighted by atomic mass is 9.70. The van der Waals surface area contributed by atoms with E-state index in [1.54, 1.807) is 0 Å². The van der Waals surface area contributed by atoms with Gasteiger partial charge in [-0.25, -0.2) is 4.79 Å². The summed E-state index contributed by atoms with van der Waals surface area (Å²) in [5.41, 5.74) is 2.60. The molecule has 0 spiro atoms. The second kappa shape index (κ2) is 7.09. The lowest BCUT2D eigenvalue weighted by molar-refractivity contribution is -0.166. The van der Waals surface area contributed by atoms with Crippen molar-refractivity contribution in [1.29, 1.82) is 0 Å². The number of nitrogens with one attached hydrogen (secondary N) is 1. The van der Waals surface area contributed by atoms with Crippen LogP contribution in [-0.2, 0) is 27.4 Å². The van der Waals surface area contributed by atoms with Crippen LogP contribution in [0.4, 0.5) is 0 Å². The van der Waals surface area contributed by atoms with Crippen LogP contribution in [0.5, 0.6) is 0 Å². The van der Waals surface area contributed by atoms with E-state index >= 15 is 0 Å². The molecule has 1 N–H and O–H groups in total. The Morgan fingerprint density at radius 2 is 1.76 bits per heavy atom. The third-order valence-corrected chi connectivity index (χ3v) is 4.94. The number of β-lactam (4-membered cyclic amide) rings is 1. The van der Waals surface area contributed by atoms with E-state index in [9.17, 15) is 9.59 Å². The normalized spacial score (nSPS) is 22.0. The minimum Gasteiger partial charge on any atom is -0.459 e. The molecule has 25 heavy (non-hydrogen) atoms. The van der Waals surface area contributed by atoms with Gasteiger partial charge in [-0.3, -0.25) is 4.79 Å². The van der Waals surface area contributed by atoms with Crippen molar-refractivity contribution in [1.82, 2.24) is 5.32 Å². The van der Waals surface area contributed by atoms with Crippen LogP contribution in [-0.4, -0.2) is 17.9 Å². The van der Waals surface area contributed by atoms with Crippen LogP contribution < -0.4 is 5.32 Å². The van der Waals surface area contributed by atoms with Crippen molar-refractivity contribution in [2.75, 3.05) is 0 Å². The summed E-state index contributed by atoms with van der Waals surface area (Å²) >= 11 is 0. The van der Waals surface area contributed by atoms with Gasteiger partial charge in [0.15, 0.2) is 0 Å². The number of rotatable bonds is 6. The SMILES string of the molecule is Cc1ccc(CC[C@@]2(C)C(=O)N[C@@H]2C(=O)OCc2ccccc2)cc1. The number of amides is 1. The van der Waals surface area contributed by atoms with Gasteiger partial charge >= 0.3 is 5.97 Å². The van der Waals surface area contributed by atoms with Gasteiger partial charge in [-0.2, -0.15) is 0 Å². The first-order chi connectivity index (χ1) is 12.0. The van der Waals surface area contributed by atoms with Gasteiger partial charge in [0, 0.05) is 0 Å². The average Bonchev–Trinajstić information content (AvgIpc) is 2.64. The van der Waals surface area contributed by atoms with Gasteiger partial charge in [-0.1, -0.05) is 60.2 Å². The molecule has 4 nitrogen and oxygen atoms in total. The van der Waals surface area contributed by atoms with E-state index in [4.69, 9.17) is 4.74 Å². The van der Waals surface area contributed by atoms with Crippen molar-refractivity contribution >= 4 is 11.9 Å². The molecule has 4 heteroatoms. The molecule has 2 atom stereocenters. The van der Waals surface area contributed by atoms with Gasteiger partial charge in [-0.15, -0.1) is 0 Å². The zero-order chi connectivity index (χ0) is 17.9. The second-order valence-corrected chi connectivity index (χ2v) is 6.90. The van der Waals surface area contributed by atoms with Gasteiger partial charge in [0.2, 0.25) is 5.91 Å². The Labute approximate surface area is 148 Å². The van der Waals surface area contributed by atoms with Gasteiger partial charge in [0.1, 0.15) is 12.6 Å². The number of hydrogen-bond donors (Lipinski definition) is 1. The zero-order valence-electron chi connectivity index (χ0n) is 14.6. The number of hydrogen-bond acceptors (Lipinski definition) is 3. The molecule has 0 aliphatic carbocycles. The molecule has 1 aliphatic heterocycles. The molecule has 1 amide bonds. The monoisotopic (exact) mass is 337 g/mol. The molecule has 130 valence electrons. The van der Waals surface area contributed by atoms with Crippen LogP contribution in [0, 0.1) is 12.3 Å². The van der Waals surface area contributed by atoms with Crippen molar-refractivity contribution < 1.29 is 14.3 Å². The quantitative estimate of drug-likeness (QED) is 0.651. The summed E-state index contributed by atoms with van der Waals surface area (Å²) in [6, 6.07) is 17.2. The molecule has 2 aromatic carbocycles. The Morgan fingerprint density at radius 1 is 1.08 bits per heavy atom. The van der Waals surface area contributed by atoms with E-state index in [0.717, 1.165) is 12.0 Å². The summed E-state index contributed by atoms with van der Waals surface area (Å²) in [5.74, 6) is -0.448. The van der Waals surface area contributed by atoms with Crippen LogP contribution >= 0.6 is 0 Å². The molecule has 3 rings (SSSR count). The maximum absolute atomic E-state index is 12.4. The summed E-state index contributed by atoms with van der Waals surface area (Å²) in [7, 11) is 0. The minimum atomic E-state index is -0.710.